The van der Waals surface area contributed by atoms with Crippen molar-refractivity contribution in [3.63, 3.8) is 0 Å². The molecule has 0 saturated heterocycles. The molecular weight excluding hydrogens is 510 g/mol. The molecule has 0 aliphatic rings. The van der Waals surface area contributed by atoms with Crippen LogP contribution in [0.1, 0.15) is 25.6 Å². The Labute approximate surface area is 218 Å². The number of sulfonamides is 1. The van der Waals surface area contributed by atoms with Crippen molar-refractivity contribution in [2.45, 2.75) is 42.5 Å². The summed E-state index contributed by atoms with van der Waals surface area (Å²) in [7, 11) is -6.11. The maximum atomic E-state index is 12.6. The zero-order valence-corrected chi connectivity index (χ0v) is 22.8. The lowest BCUT2D eigenvalue weighted by Gasteiger charge is -2.12. The number of aromatic nitrogens is 3. The van der Waals surface area contributed by atoms with Gasteiger partial charge in [0.15, 0.2) is 5.82 Å². The van der Waals surface area contributed by atoms with Crippen molar-refractivity contribution in [2.24, 2.45) is 0 Å². The van der Waals surface area contributed by atoms with E-state index in [2.05, 4.69) is 27.1 Å². The highest BCUT2D eigenvalue weighted by Gasteiger charge is 2.17. The summed E-state index contributed by atoms with van der Waals surface area (Å²) in [6.07, 6.45) is 4.38. The second-order valence-electron chi connectivity index (χ2n) is 8.98. The van der Waals surface area contributed by atoms with Gasteiger partial charge in [-0.1, -0.05) is 31.5 Å². The Morgan fingerprint density at radius 1 is 1.03 bits per heavy atom. The van der Waals surface area contributed by atoms with Crippen LogP contribution in [0.5, 0.6) is 0 Å². The minimum atomic E-state index is -3.71. The smallest absolute Gasteiger partial charge is 0.240 e. The predicted molar refractivity (Wildman–Crippen MR) is 150 cm³/mol. The molecule has 2 heterocycles. The van der Waals surface area contributed by atoms with Gasteiger partial charge < -0.3 is 15.0 Å². The fourth-order valence-electron chi connectivity index (χ4n) is 4.17. The normalized spacial score (nSPS) is 13.8. The van der Waals surface area contributed by atoms with Crippen LogP contribution in [0.15, 0.2) is 58.3 Å². The number of nitrogens with zero attached hydrogens (tertiary/aromatic N) is 3. The number of unbranched alkanes of at least 4 members (excludes halogenated alkanes) is 1. The number of anilines is 1. The lowest BCUT2D eigenvalue weighted by molar-refractivity contribution is 0.131. The number of imidazole rings is 1. The van der Waals surface area contributed by atoms with E-state index in [0.717, 1.165) is 41.5 Å². The molecule has 1 atom stereocenters. The predicted octanol–water partition coefficient (Wildman–Crippen LogP) is 3.21. The van der Waals surface area contributed by atoms with Crippen molar-refractivity contribution in [3.05, 3.63) is 54.4 Å². The minimum absolute atomic E-state index is 0.100. The van der Waals surface area contributed by atoms with Gasteiger partial charge in [0.05, 0.1) is 29.1 Å². The molecule has 0 radical (unpaired) electrons. The van der Waals surface area contributed by atoms with Crippen molar-refractivity contribution in [3.8, 4) is 0 Å². The first kappa shape index (κ1) is 27.1. The van der Waals surface area contributed by atoms with E-state index in [1.54, 1.807) is 0 Å². The third-order valence-corrected chi connectivity index (χ3v) is 8.82. The third-order valence-electron chi connectivity index (χ3n) is 6.07. The summed E-state index contributed by atoms with van der Waals surface area (Å²) in [5.41, 5.74) is 8.70. The van der Waals surface area contributed by atoms with E-state index in [1.807, 2.05) is 24.3 Å². The largest absolute Gasteiger partial charge is 0.382 e. The quantitative estimate of drug-likeness (QED) is 0.207. The SMILES string of the molecule is C=S(C)(=O)c1ccc(S(=O)(=O)NCCOCCn2c(CCCC)nc3c(N)nc4ccccc4c32)cc1. The number of hydrogen-bond donors (Lipinski definition) is 2. The fourth-order valence-corrected chi connectivity index (χ4v) is 5.89. The minimum Gasteiger partial charge on any atom is -0.382 e. The van der Waals surface area contributed by atoms with Crippen molar-refractivity contribution in [1.29, 1.82) is 0 Å². The van der Waals surface area contributed by atoms with Gasteiger partial charge >= 0.3 is 0 Å². The summed E-state index contributed by atoms with van der Waals surface area (Å²) >= 11 is 0. The molecule has 0 aliphatic heterocycles. The zero-order valence-electron chi connectivity index (χ0n) is 21.1. The Kier molecular flexibility index (Phi) is 8.17. The van der Waals surface area contributed by atoms with Gasteiger partial charge in [-0.3, -0.25) is 4.21 Å². The molecule has 2 aromatic carbocycles. The van der Waals surface area contributed by atoms with Gasteiger partial charge in [-0.15, -0.1) is 0 Å². The standard InChI is InChI=1S/C26H33N5O4S2/c1-4-5-10-23-30-24-25(21-8-6-7-9-22(21)29-26(24)27)31(23)16-18-35-17-15-28-37(33,34)20-13-11-19(12-14-20)36(2,3)32/h6-9,11-14,28H,2,4-5,10,15-18H2,1,3H3,(H2,27,29). The van der Waals surface area contributed by atoms with Crippen molar-refractivity contribution >= 4 is 53.2 Å². The maximum Gasteiger partial charge on any atom is 0.240 e. The number of nitrogens with one attached hydrogen (secondary N) is 1. The second kappa shape index (κ2) is 11.2. The number of hydrogen-bond acceptors (Lipinski definition) is 7. The van der Waals surface area contributed by atoms with E-state index in [0.29, 0.717) is 29.4 Å². The van der Waals surface area contributed by atoms with E-state index in [9.17, 15) is 12.6 Å². The molecule has 4 rings (SSSR count). The Morgan fingerprint density at radius 2 is 1.73 bits per heavy atom. The van der Waals surface area contributed by atoms with Crippen molar-refractivity contribution < 1.29 is 17.4 Å². The van der Waals surface area contributed by atoms with Crippen LogP contribution in [0.3, 0.4) is 0 Å². The van der Waals surface area contributed by atoms with Gasteiger partial charge in [-0.05, 0) is 52.1 Å². The molecule has 0 amide bonds. The number of nitrogen functional groups attached to an aromatic ring is 1. The Morgan fingerprint density at radius 3 is 2.43 bits per heavy atom. The van der Waals surface area contributed by atoms with E-state index in [4.69, 9.17) is 15.5 Å². The molecule has 1 unspecified atom stereocenters. The molecule has 0 fully saturated rings. The second-order valence-corrected chi connectivity index (χ2v) is 13.2. The summed E-state index contributed by atoms with van der Waals surface area (Å²) in [6.45, 7) is 3.40. The van der Waals surface area contributed by atoms with E-state index >= 15 is 0 Å². The maximum absolute atomic E-state index is 12.6. The van der Waals surface area contributed by atoms with Crippen molar-refractivity contribution in [2.75, 3.05) is 31.7 Å². The summed E-state index contributed by atoms with van der Waals surface area (Å²) in [5.74, 6) is 4.96. The van der Waals surface area contributed by atoms with Gasteiger partial charge in [0.1, 0.15) is 11.3 Å². The number of nitrogens with two attached hydrogens (primary N) is 1. The van der Waals surface area contributed by atoms with Crippen LogP contribution in [0, 0.1) is 0 Å². The number of pyridine rings is 1. The molecule has 0 saturated carbocycles. The van der Waals surface area contributed by atoms with Gasteiger partial charge in [-0.2, -0.15) is 0 Å². The molecule has 2 aromatic heterocycles. The monoisotopic (exact) mass is 543 g/mol. The van der Waals surface area contributed by atoms with Gasteiger partial charge in [-0.25, -0.2) is 23.1 Å². The highest BCUT2D eigenvalue weighted by Crippen LogP contribution is 2.29. The summed E-state index contributed by atoms with van der Waals surface area (Å²) in [4.78, 5) is 9.93. The summed E-state index contributed by atoms with van der Waals surface area (Å²) in [5, 5.41) is 0.985. The lowest BCUT2D eigenvalue weighted by Crippen LogP contribution is -2.28. The van der Waals surface area contributed by atoms with Gasteiger partial charge in [0, 0.05) is 36.0 Å². The topological polar surface area (TPSA) is 129 Å². The van der Waals surface area contributed by atoms with Gasteiger partial charge in [0.25, 0.3) is 0 Å². The molecule has 0 bridgehead atoms. The number of ether oxygens (including phenoxy) is 1. The number of rotatable bonds is 12. The molecule has 0 spiro atoms. The van der Waals surface area contributed by atoms with Crippen LogP contribution in [0.2, 0.25) is 0 Å². The summed E-state index contributed by atoms with van der Waals surface area (Å²) < 4.78 is 47.7. The molecule has 11 heteroatoms. The molecule has 37 heavy (non-hydrogen) atoms. The Balaban J connectivity index is 1.41. The molecule has 198 valence electrons. The lowest BCUT2D eigenvalue weighted by atomic mass is 10.2. The van der Waals surface area contributed by atoms with Crippen LogP contribution in [-0.2, 0) is 37.2 Å². The molecular formula is C26H33N5O4S2. The fraction of sp³-hybridized carbons (Fsp3) is 0.346. The molecule has 4 aromatic rings. The van der Waals surface area contributed by atoms with E-state index < -0.39 is 19.5 Å². The average molecular weight is 544 g/mol. The van der Waals surface area contributed by atoms with Crippen LogP contribution in [0.4, 0.5) is 5.82 Å². The van der Waals surface area contributed by atoms with Crippen LogP contribution >= 0.6 is 0 Å². The highest BCUT2D eigenvalue weighted by molar-refractivity contribution is 7.99. The van der Waals surface area contributed by atoms with E-state index in [-0.39, 0.29) is 18.0 Å². The number of aryl methyl sites for hydroxylation is 1. The molecule has 0 aliphatic carbocycles. The number of para-hydroxylation sites is 1. The first-order valence-electron chi connectivity index (χ1n) is 12.1. The first-order chi connectivity index (χ1) is 17.6. The first-order valence-corrected chi connectivity index (χ1v) is 15.8. The van der Waals surface area contributed by atoms with Crippen LogP contribution in [-0.4, -0.2) is 59.0 Å². The van der Waals surface area contributed by atoms with Crippen molar-refractivity contribution in [1.82, 2.24) is 19.3 Å². The zero-order chi connectivity index (χ0) is 26.6. The summed E-state index contributed by atoms with van der Waals surface area (Å²) in [6, 6.07) is 13.8. The van der Waals surface area contributed by atoms with Crippen LogP contribution in [0.25, 0.3) is 21.9 Å². The Hall–Kier alpha value is -2.99. The van der Waals surface area contributed by atoms with E-state index in [1.165, 1.54) is 30.5 Å². The number of fused-ring (bicyclic) bond motifs is 3. The number of benzene rings is 2. The third kappa shape index (κ3) is 6.12. The molecule has 3 N–H and O–H groups in total. The Bertz CT molecular complexity index is 1610. The molecule has 9 nitrogen and oxygen atoms in total. The highest BCUT2D eigenvalue weighted by atomic mass is 32.2. The average Bonchev–Trinajstić information content (AvgIpc) is 3.23. The van der Waals surface area contributed by atoms with Gasteiger partial charge in [0.2, 0.25) is 10.0 Å². The van der Waals surface area contributed by atoms with Crippen LogP contribution < -0.4 is 10.5 Å².